The van der Waals surface area contributed by atoms with Gasteiger partial charge in [-0.1, -0.05) is 59.6 Å². The van der Waals surface area contributed by atoms with Gasteiger partial charge in [0.25, 0.3) is 0 Å². The summed E-state index contributed by atoms with van der Waals surface area (Å²) >= 11 is 12.6. The maximum absolute atomic E-state index is 13.1. The minimum Gasteiger partial charge on any atom is -0.493 e. The van der Waals surface area contributed by atoms with Crippen LogP contribution in [0.3, 0.4) is 0 Å². The van der Waals surface area contributed by atoms with Gasteiger partial charge in [-0.25, -0.2) is 5.01 Å². The van der Waals surface area contributed by atoms with Crippen LogP contribution in [0.4, 0.5) is 17.1 Å². The fourth-order valence-electron chi connectivity index (χ4n) is 4.74. The van der Waals surface area contributed by atoms with E-state index in [4.69, 9.17) is 37.8 Å². The summed E-state index contributed by atoms with van der Waals surface area (Å²) in [5.74, 6) is 1.20. The monoisotopic (exact) mass is 588 g/mol. The fraction of sp³-hybridized carbons (Fsp3) is 0.188. The van der Waals surface area contributed by atoms with E-state index in [9.17, 15) is 4.79 Å². The zero-order chi connectivity index (χ0) is 29.1. The molecular weight excluding hydrogens is 559 g/mol. The number of ether oxygens (including phenoxy) is 2. The third kappa shape index (κ3) is 5.82. The van der Waals surface area contributed by atoms with Crippen LogP contribution in [0.5, 0.6) is 11.5 Å². The molecule has 1 atom stereocenters. The van der Waals surface area contributed by atoms with Gasteiger partial charge >= 0.3 is 0 Å². The molecule has 0 saturated heterocycles. The zero-order valence-corrected chi connectivity index (χ0v) is 24.7. The SMILES string of the molecule is COc1cccc([C@@H]2N(c3ccccc3)N=C(C(C)=O)N2c2ccc(N(C)C)cc2)c1OCc1ccc(Cl)cc1Cl. The van der Waals surface area contributed by atoms with Crippen molar-refractivity contribution in [3.05, 3.63) is 112 Å². The first-order valence-corrected chi connectivity index (χ1v) is 13.8. The molecule has 0 bridgehead atoms. The van der Waals surface area contributed by atoms with Gasteiger partial charge in [0.1, 0.15) is 6.61 Å². The summed E-state index contributed by atoms with van der Waals surface area (Å²) in [5, 5.41) is 7.75. The molecule has 0 saturated carbocycles. The number of rotatable bonds is 9. The van der Waals surface area contributed by atoms with Crippen molar-refractivity contribution in [2.45, 2.75) is 19.7 Å². The van der Waals surface area contributed by atoms with E-state index in [1.54, 1.807) is 19.2 Å². The third-order valence-electron chi connectivity index (χ3n) is 6.78. The molecule has 0 radical (unpaired) electrons. The first-order valence-electron chi connectivity index (χ1n) is 13.0. The molecule has 0 fully saturated rings. The van der Waals surface area contributed by atoms with Gasteiger partial charge in [-0.05, 0) is 54.6 Å². The molecule has 41 heavy (non-hydrogen) atoms. The van der Waals surface area contributed by atoms with Crippen molar-refractivity contribution < 1.29 is 14.3 Å². The number of methoxy groups -OCH3 is 1. The van der Waals surface area contributed by atoms with Crippen molar-refractivity contribution in [1.29, 1.82) is 0 Å². The van der Waals surface area contributed by atoms with Gasteiger partial charge < -0.3 is 14.4 Å². The first-order chi connectivity index (χ1) is 19.8. The van der Waals surface area contributed by atoms with E-state index in [1.165, 1.54) is 6.92 Å². The van der Waals surface area contributed by atoms with E-state index < -0.39 is 6.17 Å². The number of amidine groups is 1. The quantitative estimate of drug-likeness (QED) is 0.201. The van der Waals surface area contributed by atoms with Gasteiger partial charge in [0.2, 0.25) is 0 Å². The minimum atomic E-state index is -0.563. The number of hydrogen-bond donors (Lipinski definition) is 0. The average Bonchev–Trinajstić information content (AvgIpc) is 3.38. The summed E-state index contributed by atoms with van der Waals surface area (Å²) in [6.45, 7) is 1.70. The Bertz CT molecular complexity index is 1580. The van der Waals surface area contributed by atoms with Crippen molar-refractivity contribution in [3.8, 4) is 11.5 Å². The van der Waals surface area contributed by atoms with Crippen LogP contribution in [-0.4, -0.2) is 32.8 Å². The molecule has 0 aliphatic carbocycles. The van der Waals surface area contributed by atoms with Gasteiger partial charge in [0.05, 0.1) is 12.8 Å². The van der Waals surface area contributed by atoms with Gasteiger partial charge in [0, 0.05) is 53.6 Å². The molecule has 210 valence electrons. The second-order valence-electron chi connectivity index (χ2n) is 9.72. The summed E-state index contributed by atoms with van der Waals surface area (Å²) in [4.78, 5) is 17.0. The minimum absolute atomic E-state index is 0.163. The summed E-state index contributed by atoms with van der Waals surface area (Å²) in [5.41, 5.74) is 4.20. The standard InChI is InChI=1S/C32H30Cl2N4O3/c1-21(39)31-35-38(26-9-6-5-7-10-26)32(37(31)25-17-15-24(16-18-25)36(2)3)27-11-8-12-29(40-4)30(27)41-20-22-13-14-23(33)19-28(22)34/h5-19,32H,20H2,1-4H3/t32-/m0/s1. The molecule has 9 heteroatoms. The van der Waals surface area contributed by atoms with Gasteiger partial charge in [0.15, 0.2) is 29.3 Å². The lowest BCUT2D eigenvalue weighted by molar-refractivity contribution is -0.111. The van der Waals surface area contributed by atoms with Crippen molar-refractivity contribution in [3.63, 3.8) is 0 Å². The number of carbonyl (C=O) groups is 1. The summed E-state index contributed by atoms with van der Waals surface area (Å²) in [6.07, 6.45) is -0.563. The predicted octanol–water partition coefficient (Wildman–Crippen LogP) is 7.57. The number of para-hydroxylation sites is 2. The van der Waals surface area contributed by atoms with E-state index in [-0.39, 0.29) is 12.4 Å². The molecule has 0 amide bonds. The normalized spacial score (nSPS) is 14.6. The average molecular weight is 590 g/mol. The lowest BCUT2D eigenvalue weighted by Gasteiger charge is -2.33. The van der Waals surface area contributed by atoms with E-state index in [0.717, 1.165) is 28.2 Å². The lowest BCUT2D eigenvalue weighted by atomic mass is 10.1. The molecule has 0 unspecified atom stereocenters. The number of Topliss-reactive ketones (excluding diaryl/α,β-unsaturated/α-hetero) is 1. The Kier molecular flexibility index (Phi) is 8.38. The maximum atomic E-state index is 13.1. The topological polar surface area (TPSA) is 57.6 Å². The van der Waals surface area contributed by atoms with Crippen LogP contribution >= 0.6 is 23.2 Å². The van der Waals surface area contributed by atoms with Crippen LogP contribution < -0.4 is 24.3 Å². The van der Waals surface area contributed by atoms with Gasteiger partial charge in [-0.3, -0.25) is 9.69 Å². The molecule has 0 aromatic heterocycles. The van der Waals surface area contributed by atoms with Crippen molar-refractivity contribution in [2.24, 2.45) is 5.10 Å². The molecule has 7 nitrogen and oxygen atoms in total. The number of carbonyl (C=O) groups excluding carboxylic acids is 1. The smallest absolute Gasteiger partial charge is 0.198 e. The van der Waals surface area contributed by atoms with Crippen molar-refractivity contribution in [2.75, 3.05) is 36.0 Å². The molecular formula is C32H30Cl2N4O3. The molecule has 1 aliphatic heterocycles. The Labute approximate surface area is 250 Å². The van der Waals surface area contributed by atoms with Crippen molar-refractivity contribution in [1.82, 2.24) is 0 Å². The number of anilines is 3. The maximum Gasteiger partial charge on any atom is 0.198 e. The van der Waals surface area contributed by atoms with Crippen molar-refractivity contribution >= 4 is 51.9 Å². The predicted molar refractivity (Wildman–Crippen MR) is 167 cm³/mol. The highest BCUT2D eigenvalue weighted by Gasteiger charge is 2.41. The first kappa shape index (κ1) is 28.3. The molecule has 4 aromatic rings. The molecule has 5 rings (SSSR count). The Morgan fingerprint density at radius 1 is 0.927 bits per heavy atom. The Balaban J connectivity index is 1.66. The number of halogens is 2. The van der Waals surface area contributed by atoms with Crippen LogP contribution in [0.25, 0.3) is 0 Å². The molecule has 1 aliphatic rings. The van der Waals surface area contributed by atoms with Crippen LogP contribution in [0, 0.1) is 0 Å². The van der Waals surface area contributed by atoms with E-state index in [0.29, 0.717) is 27.4 Å². The summed E-state index contributed by atoms with van der Waals surface area (Å²) in [6, 6.07) is 28.7. The largest absolute Gasteiger partial charge is 0.493 e. The third-order valence-corrected chi connectivity index (χ3v) is 7.37. The fourth-order valence-corrected chi connectivity index (χ4v) is 5.20. The van der Waals surface area contributed by atoms with Crippen LogP contribution in [-0.2, 0) is 11.4 Å². The number of nitrogens with zero attached hydrogens (tertiary/aromatic N) is 4. The lowest BCUT2D eigenvalue weighted by Crippen LogP contribution is -2.38. The van der Waals surface area contributed by atoms with E-state index >= 15 is 0 Å². The number of hydrazone groups is 1. The Hall–Kier alpha value is -4.20. The van der Waals surface area contributed by atoms with Gasteiger partial charge in [-0.15, -0.1) is 5.10 Å². The second kappa shape index (κ2) is 12.1. The molecule has 0 N–H and O–H groups in total. The highest BCUT2D eigenvalue weighted by molar-refractivity contribution is 6.44. The van der Waals surface area contributed by atoms with E-state index in [1.807, 2.05) is 108 Å². The van der Waals surface area contributed by atoms with Crippen LogP contribution in [0.2, 0.25) is 10.0 Å². The van der Waals surface area contributed by atoms with Crippen LogP contribution in [0.1, 0.15) is 24.2 Å². The number of benzene rings is 4. The Morgan fingerprint density at radius 2 is 1.66 bits per heavy atom. The van der Waals surface area contributed by atoms with Gasteiger partial charge in [-0.2, -0.15) is 0 Å². The van der Waals surface area contributed by atoms with Crippen LogP contribution in [0.15, 0.2) is 96.1 Å². The number of ketones is 1. The molecule has 0 spiro atoms. The Morgan fingerprint density at radius 3 is 2.29 bits per heavy atom. The van der Waals surface area contributed by atoms with E-state index in [2.05, 4.69) is 0 Å². The highest BCUT2D eigenvalue weighted by Crippen LogP contribution is 2.45. The zero-order valence-electron chi connectivity index (χ0n) is 23.2. The number of hydrogen-bond acceptors (Lipinski definition) is 7. The summed E-state index contributed by atoms with van der Waals surface area (Å²) < 4.78 is 12.2. The summed E-state index contributed by atoms with van der Waals surface area (Å²) in [7, 11) is 5.57. The molecule has 4 aromatic carbocycles. The highest BCUT2D eigenvalue weighted by atomic mass is 35.5. The molecule has 1 heterocycles. The second-order valence-corrected chi connectivity index (χ2v) is 10.6.